The van der Waals surface area contributed by atoms with Crippen molar-refractivity contribution in [3.63, 3.8) is 0 Å². The Kier molecular flexibility index (Phi) is 4.79. The summed E-state index contributed by atoms with van der Waals surface area (Å²) in [7, 11) is 1.74. The lowest BCUT2D eigenvalue weighted by Crippen LogP contribution is -1.74. The van der Waals surface area contributed by atoms with Crippen LogP contribution in [0.5, 0.6) is 0 Å². The molecule has 0 aliphatic carbocycles. The van der Waals surface area contributed by atoms with E-state index in [-0.39, 0.29) is 0 Å². The van der Waals surface area contributed by atoms with Crippen LogP contribution in [0.4, 0.5) is 0 Å². The molecule has 0 aliphatic rings. The summed E-state index contributed by atoms with van der Waals surface area (Å²) < 4.78 is 0. The summed E-state index contributed by atoms with van der Waals surface area (Å²) in [4.78, 5) is 3.81. The van der Waals surface area contributed by atoms with Gasteiger partial charge in [-0.1, -0.05) is 25.7 Å². The lowest BCUT2D eigenvalue weighted by Gasteiger charge is -1.83. The Balaban J connectivity index is 3.63. The molecular formula is C8H13N. The fourth-order valence-electron chi connectivity index (χ4n) is 0.478. The Morgan fingerprint density at radius 2 is 2.33 bits per heavy atom. The molecule has 9 heavy (non-hydrogen) atoms. The zero-order valence-corrected chi connectivity index (χ0v) is 6.09. The molecule has 0 N–H and O–H groups in total. The highest BCUT2D eigenvalue weighted by molar-refractivity contribution is 5.81. The summed E-state index contributed by atoms with van der Waals surface area (Å²) in [6.45, 7) is 5.84. The van der Waals surface area contributed by atoms with Crippen LogP contribution in [0.2, 0.25) is 0 Å². The van der Waals surface area contributed by atoms with Crippen LogP contribution in [0, 0.1) is 0 Å². The molecule has 0 saturated heterocycles. The van der Waals surface area contributed by atoms with Gasteiger partial charge in [-0.05, 0) is 12.0 Å². The topological polar surface area (TPSA) is 12.4 Å². The maximum Gasteiger partial charge on any atom is 0.0277 e. The van der Waals surface area contributed by atoms with Gasteiger partial charge in [0.05, 0.1) is 0 Å². The van der Waals surface area contributed by atoms with E-state index in [0.717, 1.165) is 12.0 Å². The summed E-state index contributed by atoms with van der Waals surface area (Å²) in [5, 5.41) is 0. The van der Waals surface area contributed by atoms with E-state index in [1.165, 1.54) is 0 Å². The Bertz CT molecular complexity index is 132. The van der Waals surface area contributed by atoms with Crippen molar-refractivity contribution in [2.75, 3.05) is 7.05 Å². The van der Waals surface area contributed by atoms with Gasteiger partial charge < -0.3 is 0 Å². The fraction of sp³-hybridized carbons (Fsp3) is 0.375. The quantitative estimate of drug-likeness (QED) is 0.403. The molecule has 0 saturated carbocycles. The standard InChI is InChI=1S/C8H13N/c1-4-5-6-8(2)7-9-3/h5-7H,2,4H2,1,3H3/b6-5-,9-7?. The van der Waals surface area contributed by atoms with E-state index in [2.05, 4.69) is 24.6 Å². The Hall–Kier alpha value is -0.850. The van der Waals surface area contributed by atoms with Crippen LogP contribution in [0.3, 0.4) is 0 Å². The van der Waals surface area contributed by atoms with Crippen molar-refractivity contribution < 1.29 is 0 Å². The summed E-state index contributed by atoms with van der Waals surface area (Å²) in [5.41, 5.74) is 0.958. The maximum atomic E-state index is 3.81. The van der Waals surface area contributed by atoms with Crippen molar-refractivity contribution in [3.8, 4) is 0 Å². The number of hydrogen-bond acceptors (Lipinski definition) is 1. The van der Waals surface area contributed by atoms with Gasteiger partial charge in [0.15, 0.2) is 0 Å². The third-order valence-corrected chi connectivity index (χ3v) is 0.863. The normalized spacial score (nSPS) is 11.3. The average Bonchev–Trinajstić information content (AvgIpc) is 1.85. The molecule has 0 spiro atoms. The predicted octanol–water partition coefficient (Wildman–Crippen LogP) is 2.21. The number of hydrogen-bond donors (Lipinski definition) is 0. The van der Waals surface area contributed by atoms with Gasteiger partial charge in [-0.25, -0.2) is 0 Å². The minimum Gasteiger partial charge on any atom is -0.296 e. The van der Waals surface area contributed by atoms with Crippen molar-refractivity contribution in [3.05, 3.63) is 24.3 Å². The molecule has 0 radical (unpaired) electrons. The van der Waals surface area contributed by atoms with E-state index in [0.29, 0.717) is 0 Å². The highest BCUT2D eigenvalue weighted by Crippen LogP contribution is 1.89. The Morgan fingerprint density at radius 3 is 2.78 bits per heavy atom. The minimum atomic E-state index is 0.958. The van der Waals surface area contributed by atoms with Gasteiger partial charge in [-0.2, -0.15) is 0 Å². The molecule has 50 valence electrons. The number of allylic oxidation sites excluding steroid dienone is 3. The van der Waals surface area contributed by atoms with Gasteiger partial charge in [0.25, 0.3) is 0 Å². The monoisotopic (exact) mass is 123 g/mol. The van der Waals surface area contributed by atoms with Gasteiger partial charge >= 0.3 is 0 Å². The highest BCUT2D eigenvalue weighted by atomic mass is 14.6. The molecule has 0 unspecified atom stereocenters. The van der Waals surface area contributed by atoms with E-state index in [1.54, 1.807) is 13.3 Å². The molecule has 0 aromatic heterocycles. The van der Waals surface area contributed by atoms with E-state index < -0.39 is 0 Å². The third-order valence-electron chi connectivity index (χ3n) is 0.863. The molecule has 0 aromatic carbocycles. The molecule has 0 atom stereocenters. The predicted molar refractivity (Wildman–Crippen MR) is 43.0 cm³/mol. The lowest BCUT2D eigenvalue weighted by atomic mass is 10.3. The first-order valence-corrected chi connectivity index (χ1v) is 3.09. The average molecular weight is 123 g/mol. The minimum absolute atomic E-state index is 0.958. The Morgan fingerprint density at radius 1 is 1.67 bits per heavy atom. The van der Waals surface area contributed by atoms with Crippen LogP contribution in [-0.4, -0.2) is 13.3 Å². The number of nitrogens with zero attached hydrogens (tertiary/aromatic N) is 1. The molecule has 0 bridgehead atoms. The largest absolute Gasteiger partial charge is 0.296 e. The van der Waals surface area contributed by atoms with Gasteiger partial charge in [-0.3, -0.25) is 4.99 Å². The molecule has 1 heteroatoms. The number of rotatable bonds is 3. The van der Waals surface area contributed by atoms with Crippen molar-refractivity contribution in [1.82, 2.24) is 0 Å². The third kappa shape index (κ3) is 5.01. The molecule has 0 fully saturated rings. The fourth-order valence-corrected chi connectivity index (χ4v) is 0.478. The first-order valence-electron chi connectivity index (χ1n) is 3.09. The molecular weight excluding hydrogens is 110 g/mol. The maximum absolute atomic E-state index is 3.81. The van der Waals surface area contributed by atoms with Gasteiger partial charge in [-0.15, -0.1) is 0 Å². The summed E-state index contributed by atoms with van der Waals surface area (Å²) in [6, 6.07) is 0. The first-order chi connectivity index (χ1) is 4.31. The summed E-state index contributed by atoms with van der Waals surface area (Å²) >= 11 is 0. The second-order valence-corrected chi connectivity index (χ2v) is 1.77. The molecule has 0 aromatic rings. The second-order valence-electron chi connectivity index (χ2n) is 1.77. The van der Waals surface area contributed by atoms with E-state index in [4.69, 9.17) is 0 Å². The second kappa shape index (κ2) is 5.29. The van der Waals surface area contributed by atoms with E-state index in [1.807, 2.05) is 6.08 Å². The van der Waals surface area contributed by atoms with Crippen LogP contribution in [0.15, 0.2) is 29.3 Å². The smallest absolute Gasteiger partial charge is 0.0277 e. The zero-order valence-electron chi connectivity index (χ0n) is 6.09. The summed E-state index contributed by atoms with van der Waals surface area (Å²) in [5.74, 6) is 0. The van der Waals surface area contributed by atoms with Gasteiger partial charge in [0.2, 0.25) is 0 Å². The molecule has 0 rings (SSSR count). The van der Waals surface area contributed by atoms with Crippen LogP contribution >= 0.6 is 0 Å². The lowest BCUT2D eigenvalue weighted by molar-refractivity contribution is 1.22. The van der Waals surface area contributed by atoms with Crippen molar-refractivity contribution in [2.24, 2.45) is 4.99 Å². The molecule has 1 nitrogen and oxygen atoms in total. The van der Waals surface area contributed by atoms with Crippen molar-refractivity contribution in [1.29, 1.82) is 0 Å². The molecule has 0 heterocycles. The van der Waals surface area contributed by atoms with Crippen LogP contribution in [0.1, 0.15) is 13.3 Å². The van der Waals surface area contributed by atoms with Crippen LogP contribution in [-0.2, 0) is 0 Å². The van der Waals surface area contributed by atoms with Crippen LogP contribution in [0.25, 0.3) is 0 Å². The molecule has 0 aliphatic heterocycles. The Labute approximate surface area is 56.8 Å². The van der Waals surface area contributed by atoms with Crippen LogP contribution < -0.4 is 0 Å². The highest BCUT2D eigenvalue weighted by Gasteiger charge is 1.75. The van der Waals surface area contributed by atoms with E-state index >= 15 is 0 Å². The van der Waals surface area contributed by atoms with Crippen molar-refractivity contribution in [2.45, 2.75) is 13.3 Å². The first kappa shape index (κ1) is 8.15. The summed E-state index contributed by atoms with van der Waals surface area (Å²) in [6.07, 6.45) is 6.82. The zero-order chi connectivity index (χ0) is 7.11. The van der Waals surface area contributed by atoms with Gasteiger partial charge in [0, 0.05) is 13.3 Å². The number of aliphatic imine (C=N–C) groups is 1. The van der Waals surface area contributed by atoms with Gasteiger partial charge in [0.1, 0.15) is 0 Å². The molecule has 0 amide bonds. The SMILES string of the molecule is C=C(C=NC)/C=C\CC. The van der Waals surface area contributed by atoms with Crippen molar-refractivity contribution >= 4 is 6.21 Å². The van der Waals surface area contributed by atoms with E-state index in [9.17, 15) is 0 Å².